The quantitative estimate of drug-likeness (QED) is 0.434. The summed E-state index contributed by atoms with van der Waals surface area (Å²) in [6, 6.07) is 15.2. The number of aromatic nitrogens is 2. The molecule has 0 unspecified atom stereocenters. The molecule has 0 saturated carbocycles. The molecule has 2 heterocycles. The molecule has 1 atom stereocenters. The van der Waals surface area contributed by atoms with E-state index in [-0.39, 0.29) is 32.5 Å². The summed E-state index contributed by atoms with van der Waals surface area (Å²) in [6.45, 7) is 0.371. The van der Waals surface area contributed by atoms with Crippen LogP contribution in [0.1, 0.15) is 26.4 Å². The molecular formula is C24H19BrClN5O3. The summed E-state index contributed by atoms with van der Waals surface area (Å²) in [5.41, 5.74) is 1.29. The van der Waals surface area contributed by atoms with Crippen molar-refractivity contribution < 1.29 is 14.4 Å². The molecular weight excluding hydrogens is 522 g/mol. The maximum Gasteiger partial charge on any atom is 0.271 e. The number of benzene rings is 2. The fourth-order valence-electron chi connectivity index (χ4n) is 3.28. The maximum absolute atomic E-state index is 13.0. The molecule has 4 rings (SSSR count). The lowest BCUT2D eigenvalue weighted by atomic mass is 10.2. The van der Waals surface area contributed by atoms with Gasteiger partial charge in [-0.15, -0.1) is 0 Å². The fourth-order valence-corrected chi connectivity index (χ4v) is 3.96. The SMILES string of the molecule is O=C(Nc1n[nH]c(C(=O)N[C@@H]2C=CC=CN(Cc3ccccc3)C2=O)c1Br)c1ccccc1Cl. The second-order valence-electron chi connectivity index (χ2n) is 7.32. The number of amides is 3. The van der Waals surface area contributed by atoms with E-state index in [0.717, 1.165) is 5.56 Å². The number of hydrogen-bond donors (Lipinski definition) is 3. The number of anilines is 1. The number of rotatable bonds is 6. The van der Waals surface area contributed by atoms with Gasteiger partial charge in [0.2, 0.25) is 0 Å². The van der Waals surface area contributed by atoms with Gasteiger partial charge in [0.05, 0.1) is 21.6 Å². The molecule has 1 aliphatic heterocycles. The van der Waals surface area contributed by atoms with Gasteiger partial charge in [0.25, 0.3) is 17.7 Å². The van der Waals surface area contributed by atoms with E-state index in [2.05, 4.69) is 36.8 Å². The molecule has 0 fully saturated rings. The molecule has 172 valence electrons. The normalized spacial score (nSPS) is 15.2. The van der Waals surface area contributed by atoms with Gasteiger partial charge in [-0.25, -0.2) is 0 Å². The Morgan fingerprint density at radius 1 is 1.06 bits per heavy atom. The van der Waals surface area contributed by atoms with Crippen LogP contribution in [-0.2, 0) is 11.3 Å². The smallest absolute Gasteiger partial charge is 0.271 e. The summed E-state index contributed by atoms with van der Waals surface area (Å²) >= 11 is 9.36. The van der Waals surface area contributed by atoms with Crippen molar-refractivity contribution in [3.05, 3.63) is 105 Å². The zero-order chi connectivity index (χ0) is 24.1. The Hall–Kier alpha value is -3.69. The van der Waals surface area contributed by atoms with Crippen LogP contribution < -0.4 is 10.6 Å². The molecule has 0 aliphatic carbocycles. The van der Waals surface area contributed by atoms with E-state index in [0.29, 0.717) is 6.54 Å². The summed E-state index contributed by atoms with van der Waals surface area (Å²) in [5, 5.41) is 12.2. The number of hydrogen-bond acceptors (Lipinski definition) is 4. The Morgan fingerprint density at radius 3 is 2.56 bits per heavy atom. The number of nitrogens with zero attached hydrogens (tertiary/aromatic N) is 2. The van der Waals surface area contributed by atoms with Crippen LogP contribution >= 0.6 is 27.5 Å². The van der Waals surface area contributed by atoms with Crippen molar-refractivity contribution in [3.63, 3.8) is 0 Å². The van der Waals surface area contributed by atoms with Crippen LogP contribution in [0.15, 0.2) is 83.5 Å². The van der Waals surface area contributed by atoms with Gasteiger partial charge in [0.15, 0.2) is 5.82 Å². The Bertz CT molecular complexity index is 1290. The van der Waals surface area contributed by atoms with Crippen LogP contribution in [0.2, 0.25) is 5.02 Å². The van der Waals surface area contributed by atoms with Crippen molar-refractivity contribution >= 4 is 51.1 Å². The van der Waals surface area contributed by atoms with E-state index >= 15 is 0 Å². The van der Waals surface area contributed by atoms with Gasteiger partial charge in [0, 0.05) is 6.20 Å². The first-order chi connectivity index (χ1) is 16.4. The first-order valence-corrected chi connectivity index (χ1v) is 11.4. The Balaban J connectivity index is 1.45. The van der Waals surface area contributed by atoms with E-state index in [1.807, 2.05) is 30.3 Å². The third kappa shape index (κ3) is 5.27. The van der Waals surface area contributed by atoms with Crippen LogP contribution in [0.5, 0.6) is 0 Å². The molecule has 0 radical (unpaired) electrons. The third-order valence-corrected chi connectivity index (χ3v) is 6.10. The lowest BCUT2D eigenvalue weighted by Gasteiger charge is -2.22. The second kappa shape index (κ2) is 10.5. The van der Waals surface area contributed by atoms with Gasteiger partial charge in [-0.05, 0) is 39.7 Å². The number of allylic oxidation sites excluding steroid dienone is 2. The summed E-state index contributed by atoms with van der Waals surface area (Å²) < 4.78 is 0.245. The van der Waals surface area contributed by atoms with Gasteiger partial charge in [0.1, 0.15) is 11.7 Å². The first kappa shape index (κ1) is 23.5. The number of carbonyl (C=O) groups excluding carboxylic acids is 3. The summed E-state index contributed by atoms with van der Waals surface area (Å²) in [5.74, 6) is -1.22. The highest BCUT2D eigenvalue weighted by atomic mass is 79.9. The van der Waals surface area contributed by atoms with Crippen LogP contribution in [0.3, 0.4) is 0 Å². The predicted octanol–water partition coefficient (Wildman–Crippen LogP) is 4.29. The number of carbonyl (C=O) groups is 3. The minimum Gasteiger partial charge on any atom is -0.336 e. The first-order valence-electron chi connectivity index (χ1n) is 10.2. The highest BCUT2D eigenvalue weighted by Gasteiger charge is 2.27. The van der Waals surface area contributed by atoms with E-state index in [1.54, 1.807) is 48.7 Å². The van der Waals surface area contributed by atoms with Crippen molar-refractivity contribution in [1.29, 1.82) is 0 Å². The zero-order valence-electron chi connectivity index (χ0n) is 17.7. The van der Waals surface area contributed by atoms with Crippen LogP contribution in [0.25, 0.3) is 0 Å². The molecule has 10 heteroatoms. The molecule has 1 aromatic heterocycles. The van der Waals surface area contributed by atoms with Gasteiger partial charge in [-0.1, -0.05) is 66.2 Å². The van der Waals surface area contributed by atoms with Gasteiger partial charge < -0.3 is 15.5 Å². The number of H-pyrrole nitrogens is 1. The molecule has 3 aromatic rings. The number of aromatic amines is 1. The molecule has 2 aromatic carbocycles. The van der Waals surface area contributed by atoms with Crippen molar-refractivity contribution in [2.45, 2.75) is 12.6 Å². The summed E-state index contributed by atoms with van der Waals surface area (Å²) in [4.78, 5) is 40.0. The van der Waals surface area contributed by atoms with Gasteiger partial charge >= 0.3 is 0 Å². The molecule has 0 spiro atoms. The summed E-state index contributed by atoms with van der Waals surface area (Å²) in [7, 11) is 0. The molecule has 8 nitrogen and oxygen atoms in total. The van der Waals surface area contributed by atoms with Crippen molar-refractivity contribution in [3.8, 4) is 0 Å². The largest absolute Gasteiger partial charge is 0.336 e. The molecule has 1 aliphatic rings. The Morgan fingerprint density at radius 2 is 1.79 bits per heavy atom. The molecule has 34 heavy (non-hydrogen) atoms. The van der Waals surface area contributed by atoms with Crippen LogP contribution in [-0.4, -0.2) is 38.9 Å². The predicted molar refractivity (Wildman–Crippen MR) is 132 cm³/mol. The maximum atomic E-state index is 13.0. The average Bonchev–Trinajstić information content (AvgIpc) is 3.11. The van der Waals surface area contributed by atoms with Crippen molar-refractivity contribution in [2.24, 2.45) is 0 Å². The Labute approximate surface area is 208 Å². The molecule has 0 bridgehead atoms. The molecule has 3 amide bonds. The summed E-state index contributed by atoms with van der Waals surface area (Å²) in [6.07, 6.45) is 6.71. The lowest BCUT2D eigenvalue weighted by Crippen LogP contribution is -2.45. The van der Waals surface area contributed by atoms with Gasteiger partial charge in [-0.2, -0.15) is 5.10 Å². The molecule has 0 saturated heterocycles. The van der Waals surface area contributed by atoms with Gasteiger partial charge in [-0.3, -0.25) is 19.5 Å². The van der Waals surface area contributed by atoms with Crippen molar-refractivity contribution in [2.75, 3.05) is 5.32 Å². The highest BCUT2D eigenvalue weighted by molar-refractivity contribution is 9.10. The van der Waals surface area contributed by atoms with E-state index < -0.39 is 17.9 Å². The van der Waals surface area contributed by atoms with E-state index in [9.17, 15) is 14.4 Å². The van der Waals surface area contributed by atoms with E-state index in [1.165, 1.54) is 4.90 Å². The highest BCUT2D eigenvalue weighted by Crippen LogP contribution is 2.25. The van der Waals surface area contributed by atoms with Crippen LogP contribution in [0.4, 0.5) is 5.82 Å². The standard InChI is InChI=1S/C24H19BrClN5O3/c25-19-20(29-30-21(19)28-22(32)16-10-4-5-11-17(16)26)23(33)27-18-12-6-7-13-31(24(18)34)14-15-8-2-1-3-9-15/h1-13,18H,14H2,(H,27,33)(H2,28,29,30,32)/t18-/m1/s1. The monoisotopic (exact) mass is 539 g/mol. The fraction of sp³-hybridized carbons (Fsp3) is 0.0833. The number of nitrogens with one attached hydrogen (secondary N) is 3. The minimum atomic E-state index is -0.887. The zero-order valence-corrected chi connectivity index (χ0v) is 20.0. The average molecular weight is 541 g/mol. The van der Waals surface area contributed by atoms with Crippen LogP contribution in [0, 0.1) is 0 Å². The molecule has 3 N–H and O–H groups in total. The second-order valence-corrected chi connectivity index (χ2v) is 8.52. The van der Waals surface area contributed by atoms with Crippen molar-refractivity contribution in [1.82, 2.24) is 20.4 Å². The minimum absolute atomic E-state index is 0.0578. The Kier molecular flexibility index (Phi) is 7.24. The lowest BCUT2D eigenvalue weighted by molar-refractivity contribution is -0.129. The topological polar surface area (TPSA) is 107 Å². The van der Waals surface area contributed by atoms with E-state index in [4.69, 9.17) is 11.6 Å². The number of halogens is 2. The third-order valence-electron chi connectivity index (χ3n) is 5.00.